The van der Waals surface area contributed by atoms with Gasteiger partial charge in [-0.25, -0.2) is 17.4 Å². The Morgan fingerprint density at radius 2 is 2.12 bits per heavy atom. The minimum atomic E-state index is -3.11. The van der Waals surface area contributed by atoms with Crippen LogP contribution in [0.15, 0.2) is 11.0 Å². The summed E-state index contributed by atoms with van der Waals surface area (Å²) in [6, 6.07) is 0. The van der Waals surface area contributed by atoms with E-state index in [1.807, 2.05) is 20.8 Å². The molecule has 9 nitrogen and oxygen atoms in total. The molecule has 1 aliphatic rings. The molecule has 24 heavy (non-hydrogen) atoms. The highest BCUT2D eigenvalue weighted by Gasteiger charge is 2.27. The average Bonchev–Trinajstić information content (AvgIpc) is 3.02. The first-order valence-corrected chi connectivity index (χ1v) is 9.50. The monoisotopic (exact) mass is 354 g/mol. The Labute approximate surface area is 140 Å². The summed E-state index contributed by atoms with van der Waals surface area (Å²) in [4.78, 5) is 19.3. The number of anilines is 1. The van der Waals surface area contributed by atoms with Crippen molar-refractivity contribution in [2.75, 3.05) is 30.7 Å². The van der Waals surface area contributed by atoms with Gasteiger partial charge in [0.05, 0.1) is 17.5 Å². The molecule has 3 rings (SSSR count). The smallest absolute Gasteiger partial charge is 0.263 e. The second-order valence-electron chi connectivity index (χ2n) is 6.87. The normalized spacial score (nSPS) is 18.3. The van der Waals surface area contributed by atoms with E-state index in [1.165, 1.54) is 10.5 Å². The van der Waals surface area contributed by atoms with Crippen molar-refractivity contribution in [1.82, 2.24) is 24.1 Å². The Kier molecular flexibility index (Phi) is 4.12. The summed E-state index contributed by atoms with van der Waals surface area (Å²) in [6.07, 6.45) is 2.17. The van der Waals surface area contributed by atoms with Crippen LogP contribution in [-0.2, 0) is 15.6 Å². The van der Waals surface area contributed by atoms with E-state index >= 15 is 0 Å². The summed E-state index contributed by atoms with van der Waals surface area (Å²) >= 11 is 0. The molecule has 0 aromatic carbocycles. The summed E-state index contributed by atoms with van der Waals surface area (Å²) in [5, 5.41) is 7.67. The van der Waals surface area contributed by atoms with Gasteiger partial charge in [0.1, 0.15) is 5.39 Å². The molecule has 0 aliphatic carbocycles. The molecule has 0 amide bonds. The number of aromatic nitrogens is 4. The SMILES string of the molecule is CC(C)(C)n1ncc2c(=O)[nH]c(NCCN3CCCS3(=O)=O)nc21. The maximum atomic E-state index is 12.2. The van der Waals surface area contributed by atoms with Crippen molar-refractivity contribution in [3.05, 3.63) is 16.6 Å². The number of rotatable bonds is 4. The van der Waals surface area contributed by atoms with Crippen LogP contribution in [0.4, 0.5) is 5.95 Å². The van der Waals surface area contributed by atoms with Gasteiger partial charge in [0, 0.05) is 19.6 Å². The van der Waals surface area contributed by atoms with E-state index in [2.05, 4.69) is 20.4 Å². The van der Waals surface area contributed by atoms with Gasteiger partial charge in [-0.3, -0.25) is 9.78 Å². The van der Waals surface area contributed by atoms with Crippen LogP contribution in [0.25, 0.3) is 11.0 Å². The fourth-order valence-corrected chi connectivity index (χ4v) is 4.26. The highest BCUT2D eigenvalue weighted by Crippen LogP contribution is 2.18. The number of hydrogen-bond donors (Lipinski definition) is 2. The van der Waals surface area contributed by atoms with E-state index in [0.717, 1.165) is 0 Å². The van der Waals surface area contributed by atoms with Gasteiger partial charge >= 0.3 is 0 Å². The van der Waals surface area contributed by atoms with E-state index in [0.29, 0.717) is 43.0 Å². The van der Waals surface area contributed by atoms with Crippen LogP contribution in [0, 0.1) is 0 Å². The third kappa shape index (κ3) is 3.16. The molecule has 2 aromatic heterocycles. The predicted octanol–water partition coefficient (Wildman–Crippen LogP) is 0.322. The summed E-state index contributed by atoms with van der Waals surface area (Å²) in [6.45, 7) is 7.21. The Bertz CT molecular complexity index is 909. The van der Waals surface area contributed by atoms with Gasteiger partial charge in [-0.1, -0.05) is 0 Å². The van der Waals surface area contributed by atoms with Crippen molar-refractivity contribution in [1.29, 1.82) is 0 Å². The lowest BCUT2D eigenvalue weighted by Gasteiger charge is -2.20. The largest absolute Gasteiger partial charge is 0.354 e. The maximum absolute atomic E-state index is 12.2. The van der Waals surface area contributed by atoms with Gasteiger partial charge in [0.15, 0.2) is 5.65 Å². The van der Waals surface area contributed by atoms with Gasteiger partial charge in [0.25, 0.3) is 5.56 Å². The first-order chi connectivity index (χ1) is 11.2. The molecule has 0 atom stereocenters. The Morgan fingerprint density at radius 1 is 1.38 bits per heavy atom. The summed E-state index contributed by atoms with van der Waals surface area (Å²) < 4.78 is 26.7. The molecule has 3 heterocycles. The van der Waals surface area contributed by atoms with E-state index in [-0.39, 0.29) is 16.9 Å². The van der Waals surface area contributed by atoms with Crippen LogP contribution in [0.2, 0.25) is 0 Å². The second-order valence-corrected chi connectivity index (χ2v) is 8.96. The number of hydrogen-bond acceptors (Lipinski definition) is 6. The van der Waals surface area contributed by atoms with Crippen molar-refractivity contribution in [2.24, 2.45) is 0 Å². The number of nitrogens with one attached hydrogen (secondary N) is 2. The number of aromatic amines is 1. The van der Waals surface area contributed by atoms with E-state index in [4.69, 9.17) is 0 Å². The lowest BCUT2D eigenvalue weighted by Crippen LogP contribution is -2.31. The molecule has 0 spiro atoms. The zero-order valence-corrected chi connectivity index (χ0v) is 14.9. The first-order valence-electron chi connectivity index (χ1n) is 7.89. The molecule has 10 heteroatoms. The number of nitrogens with zero attached hydrogens (tertiary/aromatic N) is 4. The molecule has 2 N–H and O–H groups in total. The molecule has 0 unspecified atom stereocenters. The Hall–Kier alpha value is -1.94. The summed E-state index contributed by atoms with van der Waals surface area (Å²) in [5.74, 6) is 0.522. The number of sulfonamides is 1. The fourth-order valence-electron chi connectivity index (χ4n) is 2.73. The van der Waals surface area contributed by atoms with E-state index < -0.39 is 10.0 Å². The van der Waals surface area contributed by atoms with Crippen molar-refractivity contribution in [3.8, 4) is 0 Å². The lowest BCUT2D eigenvalue weighted by atomic mass is 10.1. The van der Waals surface area contributed by atoms with Gasteiger partial charge in [-0.15, -0.1) is 0 Å². The van der Waals surface area contributed by atoms with Crippen LogP contribution in [0.3, 0.4) is 0 Å². The van der Waals surface area contributed by atoms with Crippen molar-refractivity contribution in [2.45, 2.75) is 32.7 Å². The lowest BCUT2D eigenvalue weighted by molar-refractivity contribution is 0.366. The zero-order valence-electron chi connectivity index (χ0n) is 14.0. The topological polar surface area (TPSA) is 113 Å². The predicted molar refractivity (Wildman–Crippen MR) is 91.6 cm³/mol. The minimum Gasteiger partial charge on any atom is -0.354 e. The zero-order chi connectivity index (χ0) is 17.5. The molecular formula is C14H22N6O3S. The third-order valence-electron chi connectivity index (χ3n) is 3.93. The second kappa shape index (κ2) is 5.85. The Morgan fingerprint density at radius 3 is 2.75 bits per heavy atom. The molecule has 132 valence electrons. The maximum Gasteiger partial charge on any atom is 0.263 e. The molecular weight excluding hydrogens is 332 g/mol. The quantitative estimate of drug-likeness (QED) is 0.818. The van der Waals surface area contributed by atoms with Crippen LogP contribution in [-0.4, -0.2) is 57.9 Å². The van der Waals surface area contributed by atoms with E-state index in [1.54, 1.807) is 4.68 Å². The van der Waals surface area contributed by atoms with Crippen molar-refractivity contribution in [3.63, 3.8) is 0 Å². The highest BCUT2D eigenvalue weighted by atomic mass is 32.2. The van der Waals surface area contributed by atoms with E-state index in [9.17, 15) is 13.2 Å². The van der Waals surface area contributed by atoms with Crippen molar-refractivity contribution >= 4 is 27.0 Å². The minimum absolute atomic E-state index is 0.207. The van der Waals surface area contributed by atoms with Crippen LogP contribution in [0.1, 0.15) is 27.2 Å². The molecule has 0 saturated carbocycles. The standard InChI is InChI=1S/C14H22N6O3S/c1-14(2,3)20-11-10(9-16-20)12(21)18-13(17-11)15-5-7-19-6-4-8-24(19,22)23/h9H,4-8H2,1-3H3,(H2,15,17,18,21). The van der Waals surface area contributed by atoms with Crippen LogP contribution < -0.4 is 10.9 Å². The van der Waals surface area contributed by atoms with Gasteiger partial charge in [-0.05, 0) is 27.2 Å². The average molecular weight is 354 g/mol. The Balaban J connectivity index is 1.79. The highest BCUT2D eigenvalue weighted by molar-refractivity contribution is 7.89. The summed E-state index contributed by atoms with van der Waals surface area (Å²) in [5.41, 5.74) is -0.0713. The molecule has 0 radical (unpaired) electrons. The van der Waals surface area contributed by atoms with Crippen LogP contribution in [0.5, 0.6) is 0 Å². The molecule has 2 aromatic rings. The number of H-pyrrole nitrogens is 1. The van der Waals surface area contributed by atoms with Gasteiger partial charge < -0.3 is 5.32 Å². The molecule has 0 bridgehead atoms. The van der Waals surface area contributed by atoms with Gasteiger partial charge in [-0.2, -0.15) is 10.1 Å². The van der Waals surface area contributed by atoms with Crippen molar-refractivity contribution < 1.29 is 8.42 Å². The van der Waals surface area contributed by atoms with Crippen LogP contribution >= 0.6 is 0 Å². The first kappa shape index (κ1) is 16.9. The molecule has 1 saturated heterocycles. The summed E-state index contributed by atoms with van der Waals surface area (Å²) in [7, 11) is -3.11. The fraction of sp³-hybridized carbons (Fsp3) is 0.643. The number of fused-ring (bicyclic) bond motifs is 1. The van der Waals surface area contributed by atoms with Gasteiger partial charge in [0.2, 0.25) is 16.0 Å². The third-order valence-corrected chi connectivity index (χ3v) is 5.89. The molecule has 1 aliphatic heterocycles. The molecule has 1 fully saturated rings.